The van der Waals surface area contributed by atoms with Crippen molar-refractivity contribution < 1.29 is 24.1 Å². The van der Waals surface area contributed by atoms with Gasteiger partial charge in [0.15, 0.2) is 11.5 Å². The number of hydrogen-bond acceptors (Lipinski definition) is 6. The Kier molecular flexibility index (Phi) is 8.38. The molecule has 0 spiro atoms. The fourth-order valence-electron chi connectivity index (χ4n) is 3.79. The van der Waals surface area contributed by atoms with Crippen LogP contribution in [-0.4, -0.2) is 49.3 Å². The Balaban J connectivity index is 1.32. The van der Waals surface area contributed by atoms with Crippen molar-refractivity contribution in [3.8, 4) is 17.2 Å². The van der Waals surface area contributed by atoms with Crippen LogP contribution in [0, 0.1) is 0 Å². The summed E-state index contributed by atoms with van der Waals surface area (Å²) in [6, 6.07) is 20.6. The fraction of sp³-hybridized carbons (Fsp3) is 0.250. The number of methoxy groups -OCH3 is 1. The Morgan fingerprint density at radius 1 is 1.09 bits per heavy atom. The first-order valence-corrected chi connectivity index (χ1v) is 11.6. The van der Waals surface area contributed by atoms with E-state index in [0.29, 0.717) is 23.6 Å². The van der Waals surface area contributed by atoms with Crippen LogP contribution in [0.5, 0.6) is 17.2 Å². The smallest absolute Gasteiger partial charge is 0.248 e. The second-order valence-corrected chi connectivity index (χ2v) is 8.23. The molecule has 3 aromatic carbocycles. The Morgan fingerprint density at radius 3 is 2.60 bits per heavy atom. The van der Waals surface area contributed by atoms with Gasteiger partial charge in [-0.15, -0.1) is 0 Å². The van der Waals surface area contributed by atoms with Crippen molar-refractivity contribution >= 4 is 17.7 Å². The molecule has 35 heavy (non-hydrogen) atoms. The number of nitrogens with zero attached hydrogens (tertiary/aromatic N) is 1. The molecule has 1 fully saturated rings. The summed E-state index contributed by atoms with van der Waals surface area (Å²) in [5, 5.41) is 12.8. The van der Waals surface area contributed by atoms with Crippen LogP contribution >= 0.6 is 0 Å². The summed E-state index contributed by atoms with van der Waals surface area (Å²) in [4.78, 5) is 14.9. The lowest BCUT2D eigenvalue weighted by Crippen LogP contribution is -2.35. The molecule has 3 aromatic rings. The number of morpholine rings is 1. The number of ether oxygens (including phenoxy) is 3. The molecule has 2 N–H and O–H groups in total. The molecular weight excluding hydrogens is 444 g/mol. The summed E-state index contributed by atoms with van der Waals surface area (Å²) >= 11 is 0. The van der Waals surface area contributed by atoms with Crippen molar-refractivity contribution in [3.63, 3.8) is 0 Å². The highest BCUT2D eigenvalue weighted by Gasteiger charge is 2.11. The molecule has 0 atom stereocenters. The Hall–Kier alpha value is -3.81. The number of carbonyl (C=O) groups is 1. The molecule has 1 amide bonds. The normalized spacial score (nSPS) is 14.1. The maximum absolute atomic E-state index is 12.5. The highest BCUT2D eigenvalue weighted by molar-refractivity contribution is 6.02. The van der Waals surface area contributed by atoms with Crippen molar-refractivity contribution in [3.05, 3.63) is 89.5 Å². The van der Waals surface area contributed by atoms with E-state index < -0.39 is 0 Å². The van der Waals surface area contributed by atoms with Gasteiger partial charge in [0.25, 0.3) is 0 Å². The molecule has 0 aliphatic carbocycles. The van der Waals surface area contributed by atoms with E-state index in [-0.39, 0.29) is 11.7 Å². The van der Waals surface area contributed by atoms with E-state index in [1.165, 1.54) is 24.8 Å². The summed E-state index contributed by atoms with van der Waals surface area (Å²) in [6.07, 6.45) is 3.05. The number of amides is 1. The Labute approximate surface area is 205 Å². The number of anilines is 1. The molecular formula is C28H30N2O5. The minimum atomic E-state index is -0.278. The lowest BCUT2D eigenvalue weighted by Gasteiger charge is -2.26. The number of benzene rings is 3. The zero-order valence-electron chi connectivity index (χ0n) is 19.8. The average molecular weight is 475 g/mol. The van der Waals surface area contributed by atoms with E-state index in [9.17, 15) is 9.90 Å². The predicted molar refractivity (Wildman–Crippen MR) is 136 cm³/mol. The molecule has 0 unspecified atom stereocenters. The van der Waals surface area contributed by atoms with E-state index in [2.05, 4.69) is 22.3 Å². The molecule has 1 aliphatic heterocycles. The number of phenols is 1. The number of rotatable bonds is 9. The van der Waals surface area contributed by atoms with E-state index >= 15 is 0 Å². The van der Waals surface area contributed by atoms with E-state index in [1.54, 1.807) is 18.2 Å². The van der Waals surface area contributed by atoms with Gasteiger partial charge in [-0.2, -0.15) is 0 Å². The fourth-order valence-corrected chi connectivity index (χ4v) is 3.79. The molecule has 1 heterocycles. The van der Waals surface area contributed by atoms with Crippen molar-refractivity contribution in [2.24, 2.45) is 0 Å². The first-order valence-electron chi connectivity index (χ1n) is 11.6. The third-order valence-corrected chi connectivity index (χ3v) is 5.73. The molecule has 7 heteroatoms. The maximum atomic E-state index is 12.5. The van der Waals surface area contributed by atoms with Gasteiger partial charge in [-0.25, -0.2) is 0 Å². The second kappa shape index (κ2) is 12.1. The molecule has 182 valence electrons. The zero-order chi connectivity index (χ0) is 24.5. The van der Waals surface area contributed by atoms with Crippen molar-refractivity contribution in [2.45, 2.75) is 13.2 Å². The highest BCUT2D eigenvalue weighted by atomic mass is 16.5. The molecule has 7 nitrogen and oxygen atoms in total. The molecule has 0 saturated carbocycles. The third kappa shape index (κ3) is 7.09. The SMILES string of the molecule is COc1ccc(C=CC(=O)Nc2ccccc2COc2ccc(CN3CCOCC3)cc2)cc1O. The minimum absolute atomic E-state index is 0.0201. The summed E-state index contributed by atoms with van der Waals surface area (Å²) < 4.78 is 16.4. The largest absolute Gasteiger partial charge is 0.504 e. The summed E-state index contributed by atoms with van der Waals surface area (Å²) in [5.74, 6) is 0.898. The number of carbonyl (C=O) groups excluding carboxylic acids is 1. The first-order chi connectivity index (χ1) is 17.1. The quantitative estimate of drug-likeness (QED) is 0.446. The van der Waals surface area contributed by atoms with Gasteiger partial charge in [0.05, 0.1) is 20.3 Å². The number of phenolic OH excluding ortho intramolecular Hbond substituents is 1. The van der Waals surface area contributed by atoms with Crippen molar-refractivity contribution in [2.75, 3.05) is 38.7 Å². The predicted octanol–water partition coefficient (Wildman–Crippen LogP) is 4.46. The monoisotopic (exact) mass is 474 g/mol. The maximum Gasteiger partial charge on any atom is 0.248 e. The average Bonchev–Trinajstić information content (AvgIpc) is 2.88. The van der Waals surface area contributed by atoms with Crippen LogP contribution in [0.25, 0.3) is 6.08 Å². The standard InChI is InChI=1S/C28H30N2O5/c1-33-27-12-8-21(18-26(27)31)9-13-28(32)29-25-5-3-2-4-23(25)20-35-24-10-6-22(7-11-24)19-30-14-16-34-17-15-30/h2-13,18,31H,14-17,19-20H2,1H3,(H,29,32). The molecule has 0 aromatic heterocycles. The lowest BCUT2D eigenvalue weighted by molar-refractivity contribution is -0.111. The number of hydrogen-bond donors (Lipinski definition) is 2. The van der Waals surface area contributed by atoms with Crippen LogP contribution in [-0.2, 0) is 22.7 Å². The molecule has 1 saturated heterocycles. The number of para-hydroxylation sites is 1. The van der Waals surface area contributed by atoms with Crippen LogP contribution < -0.4 is 14.8 Å². The molecule has 4 rings (SSSR count). The number of nitrogens with one attached hydrogen (secondary N) is 1. The van der Waals surface area contributed by atoms with Gasteiger partial charge in [0, 0.05) is 37.0 Å². The lowest BCUT2D eigenvalue weighted by atomic mass is 10.1. The van der Waals surface area contributed by atoms with Crippen LogP contribution in [0.2, 0.25) is 0 Å². The van der Waals surface area contributed by atoms with Crippen LogP contribution in [0.15, 0.2) is 72.8 Å². The first kappa shape index (κ1) is 24.3. The highest BCUT2D eigenvalue weighted by Crippen LogP contribution is 2.26. The summed E-state index contributed by atoms with van der Waals surface area (Å²) in [6.45, 7) is 4.73. The van der Waals surface area contributed by atoms with E-state index in [0.717, 1.165) is 44.2 Å². The van der Waals surface area contributed by atoms with E-state index in [4.69, 9.17) is 14.2 Å². The van der Waals surface area contributed by atoms with E-state index in [1.807, 2.05) is 36.4 Å². The van der Waals surface area contributed by atoms with Crippen LogP contribution in [0.4, 0.5) is 5.69 Å². The topological polar surface area (TPSA) is 80.3 Å². The zero-order valence-corrected chi connectivity index (χ0v) is 19.8. The minimum Gasteiger partial charge on any atom is -0.504 e. The summed E-state index contributed by atoms with van der Waals surface area (Å²) in [7, 11) is 1.49. The van der Waals surface area contributed by atoms with Gasteiger partial charge in [-0.1, -0.05) is 36.4 Å². The Bertz CT molecular complexity index is 1150. The van der Waals surface area contributed by atoms with Gasteiger partial charge < -0.3 is 24.6 Å². The van der Waals surface area contributed by atoms with Crippen LogP contribution in [0.1, 0.15) is 16.7 Å². The van der Waals surface area contributed by atoms with Crippen molar-refractivity contribution in [1.82, 2.24) is 4.90 Å². The molecule has 0 bridgehead atoms. The molecule has 0 radical (unpaired) electrons. The number of aromatic hydroxyl groups is 1. The van der Waals surface area contributed by atoms with Gasteiger partial charge in [-0.3, -0.25) is 9.69 Å². The second-order valence-electron chi connectivity index (χ2n) is 8.23. The van der Waals surface area contributed by atoms with Gasteiger partial charge in [0.2, 0.25) is 5.91 Å². The van der Waals surface area contributed by atoms with Gasteiger partial charge >= 0.3 is 0 Å². The molecule has 1 aliphatic rings. The Morgan fingerprint density at radius 2 is 1.86 bits per heavy atom. The van der Waals surface area contributed by atoms with Gasteiger partial charge in [0.1, 0.15) is 12.4 Å². The summed E-state index contributed by atoms with van der Waals surface area (Å²) in [5.41, 5.74) is 3.48. The van der Waals surface area contributed by atoms with Crippen molar-refractivity contribution in [1.29, 1.82) is 0 Å². The van der Waals surface area contributed by atoms with Crippen LogP contribution in [0.3, 0.4) is 0 Å². The van der Waals surface area contributed by atoms with Gasteiger partial charge in [-0.05, 0) is 47.5 Å². The third-order valence-electron chi connectivity index (χ3n) is 5.73.